The number of hydrogen-bond donors (Lipinski definition) is 1. The van der Waals surface area contributed by atoms with Crippen LogP contribution in [0.4, 0.5) is 5.69 Å². The molecule has 0 spiro atoms. The van der Waals surface area contributed by atoms with Crippen molar-refractivity contribution in [1.29, 1.82) is 0 Å². The number of carbonyl (C=O) groups excluding carboxylic acids is 2. The van der Waals surface area contributed by atoms with Crippen molar-refractivity contribution in [3.63, 3.8) is 0 Å². The Bertz CT molecular complexity index is 989. The van der Waals surface area contributed by atoms with Gasteiger partial charge in [0.05, 0.1) is 5.69 Å². The van der Waals surface area contributed by atoms with Gasteiger partial charge in [0.2, 0.25) is 5.82 Å². The number of halogens is 1. The van der Waals surface area contributed by atoms with Crippen molar-refractivity contribution in [2.75, 3.05) is 5.32 Å². The molecule has 0 saturated heterocycles. The molecule has 0 saturated carbocycles. The molecule has 28 heavy (non-hydrogen) atoms. The number of ether oxygens (including phenoxy) is 1. The first-order chi connectivity index (χ1) is 13.4. The van der Waals surface area contributed by atoms with Crippen molar-refractivity contribution < 1.29 is 14.3 Å². The second-order valence-electron chi connectivity index (χ2n) is 5.97. The average Bonchev–Trinajstić information content (AvgIpc) is 3.12. The summed E-state index contributed by atoms with van der Waals surface area (Å²) in [5, 5.41) is 14.6. The van der Waals surface area contributed by atoms with E-state index < -0.39 is 18.0 Å². The summed E-state index contributed by atoms with van der Waals surface area (Å²) >= 11 is 5.89. The van der Waals surface area contributed by atoms with Crippen LogP contribution in [0.1, 0.15) is 12.5 Å². The van der Waals surface area contributed by atoms with Crippen LogP contribution < -0.4 is 5.32 Å². The van der Waals surface area contributed by atoms with Gasteiger partial charge in [-0.2, -0.15) is 4.80 Å². The molecule has 1 amide bonds. The van der Waals surface area contributed by atoms with E-state index in [1.54, 1.807) is 12.1 Å². The van der Waals surface area contributed by atoms with Crippen LogP contribution in [0.25, 0.3) is 11.4 Å². The number of carbonyl (C=O) groups is 2. The molecule has 3 rings (SSSR count). The van der Waals surface area contributed by atoms with Crippen LogP contribution in [-0.2, 0) is 20.9 Å². The number of hydrogen-bond acceptors (Lipinski definition) is 7. The Labute approximate surface area is 165 Å². The van der Waals surface area contributed by atoms with E-state index in [4.69, 9.17) is 16.3 Å². The van der Waals surface area contributed by atoms with Gasteiger partial charge in [-0.1, -0.05) is 41.4 Å². The maximum absolute atomic E-state index is 12.1. The summed E-state index contributed by atoms with van der Waals surface area (Å²) in [6.07, 6.45) is 0.459. The van der Waals surface area contributed by atoms with Gasteiger partial charge >= 0.3 is 5.97 Å². The lowest BCUT2D eigenvalue weighted by Crippen LogP contribution is -2.31. The highest BCUT2D eigenvalue weighted by molar-refractivity contribution is 6.32. The first kappa shape index (κ1) is 19.4. The molecule has 0 aliphatic carbocycles. The zero-order chi connectivity index (χ0) is 20.1. The number of esters is 1. The second kappa shape index (κ2) is 8.57. The number of anilines is 1. The number of nitrogens with zero attached hydrogens (tertiary/aromatic N) is 5. The molecule has 0 bridgehead atoms. The summed E-state index contributed by atoms with van der Waals surface area (Å²) in [6.45, 7) is 3.15. The van der Waals surface area contributed by atoms with E-state index in [-0.39, 0.29) is 11.7 Å². The van der Waals surface area contributed by atoms with E-state index in [0.29, 0.717) is 11.5 Å². The quantitative estimate of drug-likeness (QED) is 0.498. The first-order valence-electron chi connectivity index (χ1n) is 8.38. The van der Waals surface area contributed by atoms with Gasteiger partial charge in [-0.15, -0.1) is 10.2 Å². The van der Waals surface area contributed by atoms with Crippen LogP contribution in [0, 0.1) is 6.92 Å². The van der Waals surface area contributed by atoms with E-state index in [2.05, 4.69) is 25.7 Å². The average molecular weight is 401 g/mol. The summed E-state index contributed by atoms with van der Waals surface area (Å²) in [5.74, 6) is -0.812. The van der Waals surface area contributed by atoms with Crippen molar-refractivity contribution in [3.05, 3.63) is 53.3 Å². The molecule has 144 valence electrons. The summed E-state index contributed by atoms with van der Waals surface area (Å²) in [7, 11) is 0. The van der Waals surface area contributed by atoms with Crippen LogP contribution in [0.5, 0.6) is 0 Å². The Morgan fingerprint density at radius 3 is 2.71 bits per heavy atom. The molecule has 3 aromatic rings. The zero-order valence-electron chi connectivity index (χ0n) is 15.2. The third-order valence-electron chi connectivity index (χ3n) is 3.73. The second-order valence-corrected chi connectivity index (χ2v) is 6.33. The molecule has 2 heterocycles. The number of amides is 1. The number of tetrazole rings is 1. The Kier molecular flexibility index (Phi) is 5.95. The highest BCUT2D eigenvalue weighted by Crippen LogP contribution is 2.18. The highest BCUT2D eigenvalue weighted by atomic mass is 35.5. The van der Waals surface area contributed by atoms with Crippen molar-refractivity contribution in [1.82, 2.24) is 25.2 Å². The molecule has 1 atom stereocenters. The van der Waals surface area contributed by atoms with Gasteiger partial charge in [0.25, 0.3) is 5.91 Å². The Hall–Kier alpha value is -3.33. The first-order valence-corrected chi connectivity index (χ1v) is 8.76. The largest absolute Gasteiger partial charge is 0.451 e. The van der Waals surface area contributed by atoms with Gasteiger partial charge in [-0.3, -0.25) is 4.79 Å². The molecule has 1 N–H and O–H groups in total. The van der Waals surface area contributed by atoms with Gasteiger partial charge in [-0.25, -0.2) is 9.78 Å². The predicted octanol–water partition coefficient (Wildman–Crippen LogP) is 2.27. The minimum absolute atomic E-state index is 0.143. The molecule has 2 aromatic heterocycles. The van der Waals surface area contributed by atoms with Crippen molar-refractivity contribution in [2.24, 2.45) is 0 Å². The molecule has 10 heteroatoms. The number of rotatable bonds is 6. The topological polar surface area (TPSA) is 112 Å². The number of aromatic nitrogens is 5. The molecule has 0 fully saturated rings. The van der Waals surface area contributed by atoms with Crippen LogP contribution in [-0.4, -0.2) is 43.2 Å². The third kappa shape index (κ3) is 4.89. The van der Waals surface area contributed by atoms with Gasteiger partial charge in [0.15, 0.2) is 17.8 Å². The molecule has 0 unspecified atom stereocenters. The fourth-order valence-corrected chi connectivity index (χ4v) is 2.41. The normalized spacial score (nSPS) is 11.7. The highest BCUT2D eigenvalue weighted by Gasteiger charge is 2.20. The lowest BCUT2D eigenvalue weighted by atomic mass is 10.1. The van der Waals surface area contributed by atoms with E-state index in [1.807, 2.05) is 31.2 Å². The Morgan fingerprint density at radius 2 is 2.00 bits per heavy atom. The molecule has 0 aliphatic rings. The molecule has 1 aromatic carbocycles. The molecular formula is C18H17ClN6O3. The molecular weight excluding hydrogens is 384 g/mol. The summed E-state index contributed by atoms with van der Waals surface area (Å²) in [4.78, 5) is 29.2. The number of nitrogens with one attached hydrogen (secondary N) is 1. The lowest BCUT2D eigenvalue weighted by Gasteiger charge is -2.13. The van der Waals surface area contributed by atoms with Crippen molar-refractivity contribution in [2.45, 2.75) is 26.5 Å². The van der Waals surface area contributed by atoms with E-state index in [1.165, 1.54) is 13.1 Å². The SMILES string of the molecule is Cc1ccc(-c2nnn(CC(=O)O[C@@H](C)C(=O)Nc3cccnc3Cl)n2)cc1. The number of pyridine rings is 1. The van der Waals surface area contributed by atoms with Gasteiger partial charge < -0.3 is 10.1 Å². The fourth-order valence-electron chi connectivity index (χ4n) is 2.25. The Balaban J connectivity index is 1.56. The monoisotopic (exact) mass is 400 g/mol. The van der Waals surface area contributed by atoms with Crippen molar-refractivity contribution in [3.8, 4) is 11.4 Å². The third-order valence-corrected chi connectivity index (χ3v) is 4.03. The smallest absolute Gasteiger partial charge is 0.330 e. The van der Waals surface area contributed by atoms with Crippen molar-refractivity contribution >= 4 is 29.2 Å². The van der Waals surface area contributed by atoms with Crippen LogP contribution in [0.15, 0.2) is 42.6 Å². The summed E-state index contributed by atoms with van der Waals surface area (Å²) < 4.78 is 5.12. The maximum atomic E-state index is 12.1. The van der Waals surface area contributed by atoms with Crippen LogP contribution in [0.3, 0.4) is 0 Å². The zero-order valence-corrected chi connectivity index (χ0v) is 15.9. The number of aryl methyl sites for hydroxylation is 1. The number of benzene rings is 1. The van der Waals surface area contributed by atoms with Crippen LogP contribution >= 0.6 is 11.6 Å². The minimum atomic E-state index is -1.04. The van der Waals surface area contributed by atoms with Gasteiger partial charge in [-0.05, 0) is 31.2 Å². The van der Waals surface area contributed by atoms with E-state index >= 15 is 0 Å². The van der Waals surface area contributed by atoms with Crippen LogP contribution in [0.2, 0.25) is 5.15 Å². The van der Waals surface area contributed by atoms with E-state index in [0.717, 1.165) is 15.9 Å². The lowest BCUT2D eigenvalue weighted by molar-refractivity contribution is -0.154. The molecule has 0 aliphatic heterocycles. The van der Waals surface area contributed by atoms with Gasteiger partial charge in [0, 0.05) is 11.8 Å². The summed E-state index contributed by atoms with van der Waals surface area (Å²) in [5.41, 5.74) is 2.23. The molecule has 9 nitrogen and oxygen atoms in total. The van der Waals surface area contributed by atoms with E-state index in [9.17, 15) is 9.59 Å². The maximum Gasteiger partial charge on any atom is 0.330 e. The standard InChI is InChI=1S/C18H17ClN6O3/c1-11-5-7-13(8-6-11)17-22-24-25(23-17)10-15(26)28-12(2)18(27)21-14-4-3-9-20-16(14)19/h3-9,12H,10H2,1-2H3,(H,21,27)/t12-/m0/s1. The Morgan fingerprint density at radius 1 is 1.25 bits per heavy atom. The summed E-state index contributed by atoms with van der Waals surface area (Å²) in [6, 6.07) is 10.8. The minimum Gasteiger partial charge on any atom is -0.451 e. The fraction of sp³-hybridized carbons (Fsp3) is 0.222. The van der Waals surface area contributed by atoms with Gasteiger partial charge in [0.1, 0.15) is 0 Å². The molecule has 0 radical (unpaired) electrons. The predicted molar refractivity (Wildman–Crippen MR) is 101 cm³/mol.